The predicted molar refractivity (Wildman–Crippen MR) is 73.4 cm³/mol. The summed E-state index contributed by atoms with van der Waals surface area (Å²) in [5, 5.41) is 11.5. The van der Waals surface area contributed by atoms with Crippen molar-refractivity contribution in [3.05, 3.63) is 35.4 Å². The normalized spacial score (nSPS) is 12.2. The number of carbonyl (C=O) groups excluding carboxylic acids is 1. The van der Waals surface area contributed by atoms with Crippen molar-refractivity contribution in [3.63, 3.8) is 0 Å². The lowest BCUT2D eigenvalue weighted by Crippen LogP contribution is -2.33. The van der Waals surface area contributed by atoms with E-state index in [0.29, 0.717) is 5.56 Å². The summed E-state index contributed by atoms with van der Waals surface area (Å²) in [6.07, 6.45) is 0. The van der Waals surface area contributed by atoms with E-state index in [1.54, 1.807) is 12.1 Å². The van der Waals surface area contributed by atoms with Gasteiger partial charge in [0.05, 0.1) is 5.56 Å². The van der Waals surface area contributed by atoms with E-state index >= 15 is 0 Å². The number of hydrogen-bond donors (Lipinski definition) is 2. The third kappa shape index (κ3) is 5.65. The van der Waals surface area contributed by atoms with Gasteiger partial charge in [-0.15, -0.1) is 0 Å². The molecule has 5 nitrogen and oxygen atoms in total. The second-order valence-electron chi connectivity index (χ2n) is 4.46. The summed E-state index contributed by atoms with van der Waals surface area (Å²) >= 11 is 0. The molecule has 1 aromatic rings. The fourth-order valence-corrected chi connectivity index (χ4v) is 2.57. The first-order valence-electron chi connectivity index (χ1n) is 5.85. The molecule has 6 heteroatoms. The van der Waals surface area contributed by atoms with E-state index in [-0.39, 0.29) is 29.0 Å². The molecular formula is C13H17NO4S. The molecule has 0 fully saturated rings. The quantitative estimate of drug-likeness (QED) is 0.820. The number of carboxylic acids is 1. The minimum Gasteiger partial charge on any atom is -0.478 e. The standard InChI is InChI=1S/C13H17NO4S/c1-9(2)14-12(15)8-19(18)7-10-4-3-5-11(6-10)13(16)17/h3-6,9H,7-8H2,1-2H3,(H,14,15)(H,16,17). The average molecular weight is 283 g/mol. The third-order valence-electron chi connectivity index (χ3n) is 2.24. The van der Waals surface area contributed by atoms with E-state index in [1.165, 1.54) is 12.1 Å². The molecule has 1 atom stereocenters. The molecule has 0 spiro atoms. The van der Waals surface area contributed by atoms with Crippen LogP contribution in [0.3, 0.4) is 0 Å². The summed E-state index contributed by atoms with van der Waals surface area (Å²) in [4.78, 5) is 22.2. The molecule has 0 aliphatic rings. The molecule has 104 valence electrons. The number of nitrogens with one attached hydrogen (secondary N) is 1. The number of carboxylic acid groups (broad SMARTS) is 1. The highest BCUT2D eigenvalue weighted by Gasteiger charge is 2.11. The van der Waals surface area contributed by atoms with Gasteiger partial charge in [0.25, 0.3) is 0 Å². The van der Waals surface area contributed by atoms with Crippen molar-refractivity contribution in [2.24, 2.45) is 0 Å². The molecular weight excluding hydrogens is 266 g/mol. The summed E-state index contributed by atoms with van der Waals surface area (Å²) in [5.41, 5.74) is 0.803. The first kappa shape index (κ1) is 15.4. The molecule has 0 saturated carbocycles. The Morgan fingerprint density at radius 3 is 2.63 bits per heavy atom. The van der Waals surface area contributed by atoms with E-state index < -0.39 is 16.8 Å². The van der Waals surface area contributed by atoms with Crippen LogP contribution in [0.25, 0.3) is 0 Å². The lowest BCUT2D eigenvalue weighted by Gasteiger charge is -2.08. The van der Waals surface area contributed by atoms with Crippen LogP contribution in [0.1, 0.15) is 29.8 Å². The summed E-state index contributed by atoms with van der Waals surface area (Å²) in [6, 6.07) is 6.26. The molecule has 0 aliphatic carbocycles. The first-order chi connectivity index (χ1) is 8.88. The minimum absolute atomic E-state index is 0.0137. The van der Waals surface area contributed by atoms with E-state index in [1.807, 2.05) is 13.8 Å². The van der Waals surface area contributed by atoms with E-state index in [0.717, 1.165) is 0 Å². The fraction of sp³-hybridized carbons (Fsp3) is 0.385. The molecule has 1 rings (SSSR count). The SMILES string of the molecule is CC(C)NC(=O)CS(=O)Cc1cccc(C(=O)O)c1. The summed E-state index contributed by atoms with van der Waals surface area (Å²) in [6.45, 7) is 3.66. The third-order valence-corrected chi connectivity index (χ3v) is 3.48. The average Bonchev–Trinajstić information content (AvgIpc) is 2.27. The zero-order chi connectivity index (χ0) is 14.4. The van der Waals surface area contributed by atoms with Gasteiger partial charge in [-0.05, 0) is 31.5 Å². The molecule has 19 heavy (non-hydrogen) atoms. The summed E-state index contributed by atoms with van der Waals surface area (Å²) in [5.74, 6) is -1.19. The highest BCUT2D eigenvalue weighted by molar-refractivity contribution is 7.84. The molecule has 0 aromatic heterocycles. The maximum atomic E-state index is 11.8. The van der Waals surface area contributed by atoms with Gasteiger partial charge >= 0.3 is 5.97 Å². The Morgan fingerprint density at radius 2 is 2.05 bits per heavy atom. The van der Waals surface area contributed by atoms with Gasteiger partial charge in [-0.2, -0.15) is 0 Å². The zero-order valence-electron chi connectivity index (χ0n) is 10.9. The van der Waals surface area contributed by atoms with Crippen LogP contribution in [0.4, 0.5) is 0 Å². The Hall–Kier alpha value is -1.69. The second kappa shape index (κ2) is 7.04. The van der Waals surface area contributed by atoms with Gasteiger partial charge in [-0.3, -0.25) is 9.00 Å². The van der Waals surface area contributed by atoms with Crippen LogP contribution in [0, 0.1) is 0 Å². The van der Waals surface area contributed by atoms with Crippen molar-refractivity contribution in [3.8, 4) is 0 Å². The van der Waals surface area contributed by atoms with Crippen molar-refractivity contribution in [1.29, 1.82) is 0 Å². The Labute approximate surface area is 114 Å². The molecule has 1 aromatic carbocycles. The highest BCUT2D eigenvalue weighted by atomic mass is 32.2. The van der Waals surface area contributed by atoms with Crippen LogP contribution < -0.4 is 5.32 Å². The van der Waals surface area contributed by atoms with E-state index in [4.69, 9.17) is 5.11 Å². The number of benzene rings is 1. The van der Waals surface area contributed by atoms with Gasteiger partial charge in [-0.25, -0.2) is 4.79 Å². The Morgan fingerprint density at radius 1 is 1.37 bits per heavy atom. The van der Waals surface area contributed by atoms with Crippen LogP contribution in [0.5, 0.6) is 0 Å². The number of amides is 1. The van der Waals surface area contributed by atoms with Crippen LogP contribution in [0.15, 0.2) is 24.3 Å². The van der Waals surface area contributed by atoms with Gasteiger partial charge in [0.15, 0.2) is 0 Å². The van der Waals surface area contributed by atoms with Gasteiger partial charge in [0, 0.05) is 22.6 Å². The van der Waals surface area contributed by atoms with Crippen LogP contribution in [-0.4, -0.2) is 33.0 Å². The lowest BCUT2D eigenvalue weighted by molar-refractivity contribution is -0.119. The smallest absolute Gasteiger partial charge is 0.335 e. The monoisotopic (exact) mass is 283 g/mol. The molecule has 0 radical (unpaired) electrons. The molecule has 0 bridgehead atoms. The van der Waals surface area contributed by atoms with Crippen molar-refractivity contribution >= 4 is 22.7 Å². The van der Waals surface area contributed by atoms with E-state index in [2.05, 4.69) is 5.32 Å². The molecule has 1 unspecified atom stereocenters. The topological polar surface area (TPSA) is 83.5 Å². The summed E-state index contributed by atoms with van der Waals surface area (Å²) < 4.78 is 11.8. The maximum absolute atomic E-state index is 11.8. The van der Waals surface area contributed by atoms with Crippen molar-refractivity contribution in [1.82, 2.24) is 5.32 Å². The number of hydrogen-bond acceptors (Lipinski definition) is 3. The maximum Gasteiger partial charge on any atom is 0.335 e. The molecule has 1 amide bonds. The van der Waals surface area contributed by atoms with Crippen LogP contribution >= 0.6 is 0 Å². The number of carbonyl (C=O) groups is 2. The summed E-state index contributed by atoms with van der Waals surface area (Å²) in [7, 11) is -1.34. The van der Waals surface area contributed by atoms with Gasteiger partial charge < -0.3 is 10.4 Å². The minimum atomic E-state index is -1.34. The van der Waals surface area contributed by atoms with Crippen LogP contribution in [0.2, 0.25) is 0 Å². The molecule has 0 heterocycles. The second-order valence-corrected chi connectivity index (χ2v) is 5.91. The largest absolute Gasteiger partial charge is 0.478 e. The first-order valence-corrected chi connectivity index (χ1v) is 7.34. The Bertz CT molecular complexity index is 499. The van der Waals surface area contributed by atoms with Gasteiger partial charge in [0.2, 0.25) is 5.91 Å². The van der Waals surface area contributed by atoms with Crippen LogP contribution in [-0.2, 0) is 21.3 Å². The van der Waals surface area contributed by atoms with Crippen molar-refractivity contribution in [2.75, 3.05) is 5.75 Å². The number of aromatic carboxylic acids is 1. The predicted octanol–water partition coefficient (Wildman–Crippen LogP) is 1.16. The zero-order valence-corrected chi connectivity index (χ0v) is 11.7. The number of rotatable bonds is 6. The van der Waals surface area contributed by atoms with Crippen molar-refractivity contribution < 1.29 is 18.9 Å². The Kier molecular flexibility index (Phi) is 5.69. The molecule has 0 saturated heterocycles. The van der Waals surface area contributed by atoms with Crippen molar-refractivity contribution in [2.45, 2.75) is 25.6 Å². The van der Waals surface area contributed by atoms with Gasteiger partial charge in [0.1, 0.15) is 5.75 Å². The van der Waals surface area contributed by atoms with E-state index in [9.17, 15) is 13.8 Å². The van der Waals surface area contributed by atoms with Gasteiger partial charge in [-0.1, -0.05) is 12.1 Å². The fourth-order valence-electron chi connectivity index (χ4n) is 1.54. The molecule has 0 aliphatic heterocycles. The Balaban J connectivity index is 2.59. The molecule has 2 N–H and O–H groups in total. The lowest BCUT2D eigenvalue weighted by atomic mass is 10.1. The highest BCUT2D eigenvalue weighted by Crippen LogP contribution is 2.08.